The van der Waals surface area contributed by atoms with Gasteiger partial charge in [-0.3, -0.25) is 9.78 Å². The van der Waals surface area contributed by atoms with Crippen LogP contribution in [0.2, 0.25) is 0 Å². The molecule has 2 rings (SSSR count). The topological polar surface area (TPSA) is 68.3 Å². The van der Waals surface area contributed by atoms with Crippen molar-refractivity contribution < 1.29 is 18.7 Å². The Bertz CT molecular complexity index is 661. The van der Waals surface area contributed by atoms with Gasteiger partial charge >= 0.3 is 5.97 Å². The molecule has 1 aromatic carbocycles. The van der Waals surface area contributed by atoms with Gasteiger partial charge in [0.1, 0.15) is 11.9 Å². The predicted molar refractivity (Wildman–Crippen MR) is 77.6 cm³/mol. The number of carbonyl (C=O) groups excluding carboxylic acids is 2. The number of methoxy groups -OCH3 is 1. The molecule has 0 aliphatic rings. The second kappa shape index (κ2) is 7.31. The molecule has 5 nitrogen and oxygen atoms in total. The van der Waals surface area contributed by atoms with E-state index < -0.39 is 23.7 Å². The lowest BCUT2D eigenvalue weighted by Crippen LogP contribution is -2.43. The van der Waals surface area contributed by atoms with Gasteiger partial charge in [0.2, 0.25) is 0 Å². The fraction of sp³-hybridized carbons (Fsp3) is 0.188. The van der Waals surface area contributed by atoms with Gasteiger partial charge in [0.25, 0.3) is 5.91 Å². The lowest BCUT2D eigenvalue weighted by molar-refractivity contribution is -0.142. The van der Waals surface area contributed by atoms with E-state index in [4.69, 9.17) is 4.74 Å². The molecule has 0 aliphatic carbocycles. The van der Waals surface area contributed by atoms with Crippen molar-refractivity contribution in [3.05, 3.63) is 65.7 Å². The van der Waals surface area contributed by atoms with Gasteiger partial charge in [0, 0.05) is 24.4 Å². The van der Waals surface area contributed by atoms with Gasteiger partial charge in [-0.1, -0.05) is 12.1 Å². The second-order valence-corrected chi connectivity index (χ2v) is 4.62. The fourth-order valence-corrected chi connectivity index (χ4v) is 1.98. The Balaban J connectivity index is 2.13. The van der Waals surface area contributed by atoms with Crippen LogP contribution in [0.4, 0.5) is 4.39 Å². The zero-order chi connectivity index (χ0) is 15.9. The standard InChI is InChI=1S/C16H15FN2O3/c1-22-16(21)14(10-11-3-2-4-13(17)9-11)19-15(20)12-5-7-18-8-6-12/h2-9,14H,10H2,1H3,(H,19,20)/t14-/m0/s1. The molecule has 1 heterocycles. The van der Waals surface area contributed by atoms with Gasteiger partial charge in [-0.05, 0) is 29.8 Å². The molecule has 1 amide bonds. The van der Waals surface area contributed by atoms with Crippen molar-refractivity contribution in [1.82, 2.24) is 10.3 Å². The normalized spacial score (nSPS) is 11.5. The van der Waals surface area contributed by atoms with Crippen molar-refractivity contribution in [3.8, 4) is 0 Å². The Morgan fingerprint density at radius 2 is 2.00 bits per heavy atom. The Morgan fingerprint density at radius 1 is 1.27 bits per heavy atom. The highest BCUT2D eigenvalue weighted by Crippen LogP contribution is 2.08. The molecular formula is C16H15FN2O3. The van der Waals surface area contributed by atoms with E-state index in [9.17, 15) is 14.0 Å². The predicted octanol–water partition coefficient (Wildman–Crippen LogP) is 1.73. The van der Waals surface area contributed by atoms with Crippen LogP contribution in [-0.4, -0.2) is 30.0 Å². The molecule has 6 heteroatoms. The minimum absolute atomic E-state index is 0.140. The summed E-state index contributed by atoms with van der Waals surface area (Å²) in [6.07, 6.45) is 3.10. The minimum atomic E-state index is -0.896. The van der Waals surface area contributed by atoms with Crippen molar-refractivity contribution in [3.63, 3.8) is 0 Å². The van der Waals surface area contributed by atoms with Crippen LogP contribution >= 0.6 is 0 Å². The van der Waals surface area contributed by atoms with Crippen molar-refractivity contribution in [1.29, 1.82) is 0 Å². The summed E-state index contributed by atoms with van der Waals surface area (Å²) in [5.74, 6) is -1.41. The van der Waals surface area contributed by atoms with E-state index in [1.807, 2.05) is 0 Å². The summed E-state index contributed by atoms with van der Waals surface area (Å²) in [4.78, 5) is 27.8. The highest BCUT2D eigenvalue weighted by atomic mass is 19.1. The molecule has 0 spiro atoms. The van der Waals surface area contributed by atoms with Crippen LogP contribution in [0.25, 0.3) is 0 Å². The quantitative estimate of drug-likeness (QED) is 0.854. The van der Waals surface area contributed by atoms with Crippen LogP contribution in [-0.2, 0) is 16.0 Å². The molecule has 1 aromatic heterocycles. The number of carbonyl (C=O) groups is 2. The van der Waals surface area contributed by atoms with Crippen LogP contribution in [0.5, 0.6) is 0 Å². The van der Waals surface area contributed by atoms with Crippen LogP contribution in [0.3, 0.4) is 0 Å². The Hall–Kier alpha value is -2.76. The smallest absolute Gasteiger partial charge is 0.328 e. The molecule has 0 fully saturated rings. The van der Waals surface area contributed by atoms with Gasteiger partial charge in [-0.15, -0.1) is 0 Å². The van der Waals surface area contributed by atoms with Gasteiger partial charge in [0.05, 0.1) is 7.11 Å². The molecule has 2 aromatic rings. The zero-order valence-electron chi connectivity index (χ0n) is 12.0. The van der Waals surface area contributed by atoms with Gasteiger partial charge < -0.3 is 10.1 Å². The van der Waals surface area contributed by atoms with E-state index in [2.05, 4.69) is 10.3 Å². The third-order valence-corrected chi connectivity index (χ3v) is 3.06. The van der Waals surface area contributed by atoms with Gasteiger partial charge in [-0.2, -0.15) is 0 Å². The van der Waals surface area contributed by atoms with E-state index in [1.54, 1.807) is 12.1 Å². The maximum absolute atomic E-state index is 13.2. The lowest BCUT2D eigenvalue weighted by Gasteiger charge is -2.16. The van der Waals surface area contributed by atoms with E-state index in [-0.39, 0.29) is 6.42 Å². The molecule has 0 bridgehead atoms. The number of hydrogen-bond acceptors (Lipinski definition) is 4. The zero-order valence-corrected chi connectivity index (χ0v) is 12.0. The fourth-order valence-electron chi connectivity index (χ4n) is 1.98. The second-order valence-electron chi connectivity index (χ2n) is 4.62. The summed E-state index contributed by atoms with van der Waals surface area (Å²) in [7, 11) is 1.24. The largest absolute Gasteiger partial charge is 0.467 e. The highest BCUT2D eigenvalue weighted by Gasteiger charge is 2.22. The van der Waals surface area contributed by atoms with E-state index in [1.165, 1.54) is 43.8 Å². The Morgan fingerprint density at radius 3 is 2.64 bits per heavy atom. The summed E-state index contributed by atoms with van der Waals surface area (Å²) in [5, 5.41) is 2.59. The number of ether oxygens (including phenoxy) is 1. The first-order valence-corrected chi connectivity index (χ1v) is 6.63. The molecular weight excluding hydrogens is 287 g/mol. The Labute approximate surface area is 127 Å². The number of aromatic nitrogens is 1. The third-order valence-electron chi connectivity index (χ3n) is 3.06. The van der Waals surface area contributed by atoms with E-state index in [0.29, 0.717) is 11.1 Å². The number of rotatable bonds is 5. The number of pyridine rings is 1. The number of hydrogen-bond donors (Lipinski definition) is 1. The minimum Gasteiger partial charge on any atom is -0.467 e. The highest BCUT2D eigenvalue weighted by molar-refractivity contribution is 5.96. The number of nitrogens with zero attached hydrogens (tertiary/aromatic N) is 1. The summed E-state index contributed by atoms with van der Waals surface area (Å²) in [6.45, 7) is 0. The number of halogens is 1. The van der Waals surface area contributed by atoms with Crippen molar-refractivity contribution >= 4 is 11.9 Å². The van der Waals surface area contributed by atoms with Crippen molar-refractivity contribution in [2.75, 3.05) is 7.11 Å². The first-order valence-electron chi connectivity index (χ1n) is 6.63. The maximum atomic E-state index is 13.2. The Kier molecular flexibility index (Phi) is 5.19. The molecule has 0 radical (unpaired) electrons. The van der Waals surface area contributed by atoms with Gasteiger partial charge in [-0.25, -0.2) is 9.18 Å². The van der Waals surface area contributed by atoms with Gasteiger partial charge in [0.15, 0.2) is 0 Å². The monoisotopic (exact) mass is 302 g/mol. The van der Waals surface area contributed by atoms with E-state index in [0.717, 1.165) is 0 Å². The van der Waals surface area contributed by atoms with Crippen LogP contribution < -0.4 is 5.32 Å². The number of amides is 1. The SMILES string of the molecule is COC(=O)[C@H](Cc1cccc(F)c1)NC(=O)c1ccncc1. The first kappa shape index (κ1) is 15.6. The first-order chi connectivity index (χ1) is 10.6. The van der Waals surface area contributed by atoms with Crippen LogP contribution in [0.15, 0.2) is 48.8 Å². The summed E-state index contributed by atoms with van der Waals surface area (Å²) in [5.41, 5.74) is 0.966. The average Bonchev–Trinajstić information content (AvgIpc) is 2.54. The number of esters is 1. The molecule has 0 unspecified atom stereocenters. The van der Waals surface area contributed by atoms with Crippen LogP contribution in [0, 0.1) is 5.82 Å². The summed E-state index contributed by atoms with van der Waals surface area (Å²) >= 11 is 0. The average molecular weight is 302 g/mol. The number of nitrogens with one attached hydrogen (secondary N) is 1. The molecule has 0 saturated heterocycles. The van der Waals surface area contributed by atoms with Crippen molar-refractivity contribution in [2.45, 2.75) is 12.5 Å². The maximum Gasteiger partial charge on any atom is 0.328 e. The van der Waals surface area contributed by atoms with E-state index >= 15 is 0 Å². The van der Waals surface area contributed by atoms with Crippen molar-refractivity contribution in [2.24, 2.45) is 0 Å². The number of benzene rings is 1. The molecule has 0 saturated carbocycles. The van der Waals surface area contributed by atoms with Crippen LogP contribution in [0.1, 0.15) is 15.9 Å². The molecule has 114 valence electrons. The molecule has 22 heavy (non-hydrogen) atoms. The molecule has 0 aliphatic heterocycles. The lowest BCUT2D eigenvalue weighted by atomic mass is 10.1. The summed E-state index contributed by atoms with van der Waals surface area (Å²) < 4.78 is 17.9. The molecule has 1 atom stereocenters. The molecule has 1 N–H and O–H groups in total. The summed E-state index contributed by atoms with van der Waals surface area (Å²) in [6, 6.07) is 8.02. The third kappa shape index (κ3) is 4.12.